The van der Waals surface area contributed by atoms with Crippen LogP contribution in [0.4, 0.5) is 0 Å². The lowest BCUT2D eigenvalue weighted by Crippen LogP contribution is -1.96. The highest BCUT2D eigenvalue weighted by Crippen LogP contribution is 2.30. The van der Waals surface area contributed by atoms with Crippen molar-refractivity contribution in [2.75, 3.05) is 0 Å². The van der Waals surface area contributed by atoms with E-state index in [2.05, 4.69) is 36.8 Å². The third-order valence-electron chi connectivity index (χ3n) is 2.26. The smallest absolute Gasteiger partial charge is 0.150 e. The highest BCUT2D eigenvalue weighted by molar-refractivity contribution is 7.19. The molecule has 2 aromatic rings. The van der Waals surface area contributed by atoms with Gasteiger partial charge < -0.3 is 0 Å². The first-order valence-corrected chi connectivity index (χ1v) is 6.27. The largest absolute Gasteiger partial charge is 0.232 e. The highest BCUT2D eigenvalue weighted by Gasteiger charge is 2.11. The summed E-state index contributed by atoms with van der Waals surface area (Å²) in [6.45, 7) is 6.28. The lowest BCUT2D eigenvalue weighted by atomic mass is 10.2. The Morgan fingerprint density at radius 3 is 2.73 bits per heavy atom. The molecule has 0 fully saturated rings. The summed E-state index contributed by atoms with van der Waals surface area (Å²) in [5.41, 5.74) is 0.987. The van der Waals surface area contributed by atoms with Gasteiger partial charge in [0.05, 0.1) is 10.2 Å². The molecule has 0 bridgehead atoms. The second-order valence-corrected chi connectivity index (χ2v) is 5.30. The summed E-state index contributed by atoms with van der Waals surface area (Å²) in [6, 6.07) is 2.11. The molecule has 0 atom stereocenters. The normalized spacial score (nSPS) is 11.5. The van der Waals surface area contributed by atoms with Crippen molar-refractivity contribution in [1.82, 2.24) is 9.97 Å². The molecule has 2 nitrogen and oxygen atoms in total. The Labute approximate surface area is 98.3 Å². The molecule has 0 N–H and O–H groups in total. The number of fused-ring (bicyclic) bond motifs is 1. The van der Waals surface area contributed by atoms with Gasteiger partial charge in [-0.2, -0.15) is 0 Å². The Hall–Kier alpha value is -0.670. The van der Waals surface area contributed by atoms with Gasteiger partial charge in [0.25, 0.3) is 0 Å². The molecule has 0 saturated heterocycles. The van der Waals surface area contributed by atoms with Crippen molar-refractivity contribution in [3.05, 3.63) is 21.9 Å². The van der Waals surface area contributed by atoms with E-state index in [0.717, 1.165) is 22.5 Å². The monoisotopic (exact) mass is 240 g/mol. The molecule has 0 spiro atoms. The van der Waals surface area contributed by atoms with Gasteiger partial charge >= 0.3 is 0 Å². The topological polar surface area (TPSA) is 25.8 Å². The van der Waals surface area contributed by atoms with Gasteiger partial charge in [0, 0.05) is 10.8 Å². The van der Waals surface area contributed by atoms with Crippen molar-refractivity contribution in [1.29, 1.82) is 0 Å². The summed E-state index contributed by atoms with van der Waals surface area (Å²) in [7, 11) is 0. The Balaban J connectivity index is 2.65. The molecule has 0 radical (unpaired) electrons. The summed E-state index contributed by atoms with van der Waals surface area (Å²) in [5.74, 6) is 1.14. The van der Waals surface area contributed by atoms with E-state index < -0.39 is 0 Å². The summed E-state index contributed by atoms with van der Waals surface area (Å²) < 4.78 is 1.01. The molecular formula is C11H13ClN2S. The Morgan fingerprint density at radius 2 is 2.13 bits per heavy atom. The van der Waals surface area contributed by atoms with Gasteiger partial charge in [0.2, 0.25) is 0 Å². The predicted molar refractivity (Wildman–Crippen MR) is 65.9 cm³/mol. The van der Waals surface area contributed by atoms with Crippen LogP contribution >= 0.6 is 22.9 Å². The highest BCUT2D eigenvalue weighted by atomic mass is 35.5. The van der Waals surface area contributed by atoms with Gasteiger partial charge in [-0.15, -0.1) is 11.3 Å². The zero-order valence-electron chi connectivity index (χ0n) is 9.04. The van der Waals surface area contributed by atoms with Crippen molar-refractivity contribution < 1.29 is 0 Å². The Morgan fingerprint density at radius 1 is 1.40 bits per heavy atom. The van der Waals surface area contributed by atoms with Crippen LogP contribution < -0.4 is 0 Å². The van der Waals surface area contributed by atoms with E-state index in [9.17, 15) is 0 Å². The number of aryl methyl sites for hydroxylation is 1. The molecular weight excluding hydrogens is 228 g/mol. The maximum Gasteiger partial charge on any atom is 0.150 e. The minimum absolute atomic E-state index is 0.317. The number of aromatic nitrogens is 2. The summed E-state index contributed by atoms with van der Waals surface area (Å²) in [4.78, 5) is 10.1. The van der Waals surface area contributed by atoms with Crippen LogP contribution in [0, 0.1) is 0 Å². The fraction of sp³-hybridized carbons (Fsp3) is 0.455. The van der Waals surface area contributed by atoms with E-state index >= 15 is 0 Å². The SMILES string of the molecule is CCc1cc2nc(C(C)C)nc(Cl)c2s1. The van der Waals surface area contributed by atoms with Gasteiger partial charge in [-0.3, -0.25) is 0 Å². The van der Waals surface area contributed by atoms with Crippen LogP contribution in [0.1, 0.15) is 37.4 Å². The van der Waals surface area contributed by atoms with Gasteiger partial charge in [-0.25, -0.2) is 9.97 Å². The lowest BCUT2D eigenvalue weighted by Gasteiger charge is -2.03. The van der Waals surface area contributed by atoms with E-state index in [0.29, 0.717) is 11.1 Å². The third kappa shape index (κ3) is 1.99. The van der Waals surface area contributed by atoms with E-state index in [-0.39, 0.29) is 0 Å². The molecule has 0 aliphatic carbocycles. The van der Waals surface area contributed by atoms with E-state index in [4.69, 9.17) is 11.6 Å². The molecule has 4 heteroatoms. The first kappa shape index (κ1) is 10.8. The fourth-order valence-electron chi connectivity index (χ4n) is 1.39. The summed E-state index contributed by atoms with van der Waals surface area (Å²) >= 11 is 7.82. The number of rotatable bonds is 2. The fourth-order valence-corrected chi connectivity index (χ4v) is 2.61. The first-order valence-electron chi connectivity index (χ1n) is 5.07. The van der Waals surface area contributed by atoms with Gasteiger partial charge in [0.1, 0.15) is 5.82 Å². The van der Waals surface area contributed by atoms with Crippen molar-refractivity contribution in [3.8, 4) is 0 Å². The van der Waals surface area contributed by atoms with Gasteiger partial charge in [0.15, 0.2) is 5.15 Å². The Kier molecular flexibility index (Phi) is 2.94. The van der Waals surface area contributed by atoms with Crippen molar-refractivity contribution in [3.63, 3.8) is 0 Å². The standard InChI is InChI=1S/C11H13ClN2S/c1-4-7-5-8-9(15-7)10(12)14-11(13-8)6(2)3/h5-6H,4H2,1-3H3. The minimum atomic E-state index is 0.317. The molecule has 15 heavy (non-hydrogen) atoms. The van der Waals surface area contributed by atoms with Gasteiger partial charge in [-0.1, -0.05) is 32.4 Å². The van der Waals surface area contributed by atoms with Crippen molar-refractivity contribution in [2.45, 2.75) is 33.1 Å². The van der Waals surface area contributed by atoms with Crippen molar-refractivity contribution >= 4 is 33.2 Å². The van der Waals surface area contributed by atoms with Crippen LogP contribution in [-0.4, -0.2) is 9.97 Å². The molecule has 2 heterocycles. The quantitative estimate of drug-likeness (QED) is 0.741. The molecule has 0 aliphatic heterocycles. The second-order valence-electron chi connectivity index (χ2n) is 3.81. The maximum absolute atomic E-state index is 6.14. The van der Waals surface area contributed by atoms with E-state index in [1.54, 1.807) is 11.3 Å². The van der Waals surface area contributed by atoms with Crippen molar-refractivity contribution in [2.24, 2.45) is 0 Å². The van der Waals surface area contributed by atoms with Crippen LogP contribution in [0.25, 0.3) is 10.2 Å². The van der Waals surface area contributed by atoms with Crippen LogP contribution in [0.5, 0.6) is 0 Å². The molecule has 0 saturated carbocycles. The van der Waals surface area contributed by atoms with Crippen LogP contribution in [0.15, 0.2) is 6.07 Å². The number of nitrogens with zero attached hydrogens (tertiary/aromatic N) is 2. The second kappa shape index (κ2) is 4.06. The van der Waals surface area contributed by atoms with Crippen LogP contribution in [-0.2, 0) is 6.42 Å². The Bertz CT molecular complexity index is 491. The summed E-state index contributed by atoms with van der Waals surface area (Å²) in [6.07, 6.45) is 1.02. The number of thiophene rings is 1. The molecule has 0 unspecified atom stereocenters. The minimum Gasteiger partial charge on any atom is -0.232 e. The molecule has 80 valence electrons. The average Bonchev–Trinajstić information content (AvgIpc) is 2.61. The lowest BCUT2D eigenvalue weighted by molar-refractivity contribution is 0.783. The zero-order valence-corrected chi connectivity index (χ0v) is 10.6. The van der Waals surface area contributed by atoms with Crippen LogP contribution in [0.3, 0.4) is 0 Å². The van der Waals surface area contributed by atoms with Crippen LogP contribution in [0.2, 0.25) is 5.15 Å². The molecule has 2 rings (SSSR count). The average molecular weight is 241 g/mol. The number of hydrogen-bond acceptors (Lipinski definition) is 3. The molecule has 2 aromatic heterocycles. The number of halogens is 1. The van der Waals surface area contributed by atoms with E-state index in [1.165, 1.54) is 4.88 Å². The molecule has 0 aromatic carbocycles. The third-order valence-corrected chi connectivity index (χ3v) is 3.92. The first-order chi connectivity index (χ1) is 7.11. The molecule has 0 amide bonds. The predicted octanol–water partition coefficient (Wildman–Crippen LogP) is 4.03. The van der Waals surface area contributed by atoms with Gasteiger partial charge in [-0.05, 0) is 12.5 Å². The number of hydrogen-bond donors (Lipinski definition) is 0. The van der Waals surface area contributed by atoms with E-state index in [1.807, 2.05) is 0 Å². The maximum atomic E-state index is 6.14. The summed E-state index contributed by atoms with van der Waals surface area (Å²) in [5, 5.41) is 0.591. The zero-order chi connectivity index (χ0) is 11.0. The molecule has 0 aliphatic rings.